The van der Waals surface area contributed by atoms with Crippen molar-refractivity contribution in [2.24, 2.45) is 0 Å². The molecule has 3 rings (SSSR count). The number of rotatable bonds is 0. The van der Waals surface area contributed by atoms with Gasteiger partial charge in [0.15, 0.2) is 0 Å². The van der Waals surface area contributed by atoms with Gasteiger partial charge in [0.25, 0.3) is 0 Å². The summed E-state index contributed by atoms with van der Waals surface area (Å²) in [5.74, 6) is 0. The maximum absolute atomic E-state index is 12.6. The molecule has 0 N–H and O–H groups in total. The SMILES string of the molecule is FC(F)(F)c1ccc2nc3c(nc2c1)SC=CS3. The molecular formula is C11H5F3N2S2. The van der Waals surface area contributed by atoms with E-state index in [0.717, 1.165) is 17.2 Å². The van der Waals surface area contributed by atoms with E-state index in [0.29, 0.717) is 10.5 Å². The Balaban J connectivity index is 2.18. The lowest BCUT2D eigenvalue weighted by Gasteiger charge is -2.11. The number of thioether (sulfide) groups is 2. The maximum atomic E-state index is 12.6. The molecule has 1 aliphatic heterocycles. The molecule has 18 heavy (non-hydrogen) atoms. The number of benzene rings is 1. The molecule has 0 unspecified atom stereocenters. The minimum Gasteiger partial charge on any atom is -0.237 e. The summed E-state index contributed by atoms with van der Waals surface area (Å²) in [7, 11) is 0. The number of hydrogen-bond donors (Lipinski definition) is 0. The van der Waals surface area contributed by atoms with Crippen molar-refractivity contribution in [3.05, 3.63) is 34.6 Å². The van der Waals surface area contributed by atoms with Crippen LogP contribution in [0.2, 0.25) is 0 Å². The Labute approximate surface area is 109 Å². The normalized spacial score (nSPS) is 14.8. The quantitative estimate of drug-likeness (QED) is 0.720. The van der Waals surface area contributed by atoms with Crippen LogP contribution in [0.4, 0.5) is 13.2 Å². The van der Waals surface area contributed by atoms with E-state index >= 15 is 0 Å². The summed E-state index contributed by atoms with van der Waals surface area (Å²) in [6.45, 7) is 0. The first-order valence-corrected chi connectivity index (χ1v) is 6.67. The van der Waals surface area contributed by atoms with Crippen molar-refractivity contribution in [3.8, 4) is 0 Å². The molecule has 0 atom stereocenters. The summed E-state index contributed by atoms with van der Waals surface area (Å²) < 4.78 is 37.8. The van der Waals surface area contributed by atoms with E-state index in [-0.39, 0.29) is 5.52 Å². The van der Waals surface area contributed by atoms with E-state index in [1.165, 1.54) is 29.6 Å². The number of hydrogen-bond acceptors (Lipinski definition) is 4. The highest BCUT2D eigenvalue weighted by Crippen LogP contribution is 2.37. The molecule has 0 spiro atoms. The smallest absolute Gasteiger partial charge is 0.237 e. The van der Waals surface area contributed by atoms with Crippen molar-refractivity contribution >= 4 is 34.6 Å². The molecule has 0 radical (unpaired) electrons. The first kappa shape index (κ1) is 11.9. The summed E-state index contributed by atoms with van der Waals surface area (Å²) in [6.07, 6.45) is -4.35. The maximum Gasteiger partial charge on any atom is 0.416 e. The summed E-state index contributed by atoms with van der Waals surface area (Å²) >= 11 is 2.78. The Hall–Kier alpha value is -1.21. The van der Waals surface area contributed by atoms with Gasteiger partial charge in [0.2, 0.25) is 0 Å². The van der Waals surface area contributed by atoms with Gasteiger partial charge in [-0.1, -0.05) is 23.5 Å². The van der Waals surface area contributed by atoms with E-state index in [4.69, 9.17) is 0 Å². The fourth-order valence-corrected chi connectivity index (χ4v) is 3.12. The summed E-state index contributed by atoms with van der Waals surface area (Å²) in [5, 5.41) is 5.09. The molecule has 0 bridgehead atoms. The third-order valence-electron chi connectivity index (χ3n) is 2.34. The van der Waals surface area contributed by atoms with Gasteiger partial charge in [0.1, 0.15) is 10.1 Å². The highest BCUT2D eigenvalue weighted by Gasteiger charge is 2.30. The van der Waals surface area contributed by atoms with E-state index in [1.54, 1.807) is 0 Å². The second-order valence-electron chi connectivity index (χ2n) is 3.54. The van der Waals surface area contributed by atoms with Crippen LogP contribution in [0.1, 0.15) is 5.56 Å². The summed E-state index contributed by atoms with van der Waals surface area (Å²) in [5.41, 5.74) is 0.0466. The second-order valence-corrected chi connectivity index (χ2v) is 5.33. The van der Waals surface area contributed by atoms with Crippen molar-refractivity contribution in [3.63, 3.8) is 0 Å². The third kappa shape index (κ3) is 2.08. The van der Waals surface area contributed by atoms with E-state index in [1.807, 2.05) is 10.8 Å². The number of halogens is 3. The number of fused-ring (bicyclic) bond motifs is 2. The summed E-state index contributed by atoms with van der Waals surface area (Å²) in [6, 6.07) is 3.42. The van der Waals surface area contributed by atoms with Crippen LogP contribution in [0.15, 0.2) is 39.1 Å². The van der Waals surface area contributed by atoms with Crippen molar-refractivity contribution in [2.45, 2.75) is 16.2 Å². The lowest BCUT2D eigenvalue weighted by Crippen LogP contribution is -2.05. The zero-order valence-corrected chi connectivity index (χ0v) is 10.4. The zero-order valence-electron chi connectivity index (χ0n) is 8.73. The zero-order chi connectivity index (χ0) is 12.8. The highest BCUT2D eigenvalue weighted by atomic mass is 32.2. The monoisotopic (exact) mass is 286 g/mol. The molecule has 0 saturated heterocycles. The molecule has 1 aromatic heterocycles. The van der Waals surface area contributed by atoms with E-state index < -0.39 is 11.7 Å². The average molecular weight is 286 g/mol. The van der Waals surface area contributed by atoms with E-state index in [9.17, 15) is 13.2 Å². The highest BCUT2D eigenvalue weighted by molar-refractivity contribution is 8.08. The van der Waals surface area contributed by atoms with Crippen LogP contribution in [0.25, 0.3) is 11.0 Å². The predicted molar refractivity (Wildman–Crippen MR) is 65.4 cm³/mol. The molecule has 0 fully saturated rings. The Morgan fingerprint density at radius 1 is 0.889 bits per heavy atom. The molecule has 92 valence electrons. The summed E-state index contributed by atoms with van der Waals surface area (Å²) in [4.78, 5) is 8.52. The molecule has 1 aromatic carbocycles. The molecule has 2 nitrogen and oxygen atoms in total. The van der Waals surface area contributed by atoms with Crippen molar-refractivity contribution in [2.75, 3.05) is 0 Å². The lowest BCUT2D eigenvalue weighted by atomic mass is 10.2. The van der Waals surface area contributed by atoms with Crippen LogP contribution in [0, 0.1) is 0 Å². The fraction of sp³-hybridized carbons (Fsp3) is 0.0909. The first-order chi connectivity index (χ1) is 8.54. The molecule has 2 heterocycles. The van der Waals surface area contributed by atoms with Gasteiger partial charge < -0.3 is 0 Å². The minimum atomic E-state index is -4.35. The van der Waals surface area contributed by atoms with Crippen LogP contribution in [-0.4, -0.2) is 9.97 Å². The van der Waals surface area contributed by atoms with Gasteiger partial charge in [0.05, 0.1) is 16.6 Å². The fourth-order valence-electron chi connectivity index (χ4n) is 1.54. The van der Waals surface area contributed by atoms with Crippen LogP contribution >= 0.6 is 23.5 Å². The average Bonchev–Trinajstić information content (AvgIpc) is 2.34. The molecule has 2 aromatic rings. The molecule has 7 heteroatoms. The number of aromatic nitrogens is 2. The topological polar surface area (TPSA) is 25.8 Å². The van der Waals surface area contributed by atoms with Crippen LogP contribution in [-0.2, 0) is 6.18 Å². The van der Waals surface area contributed by atoms with E-state index in [2.05, 4.69) is 9.97 Å². The second kappa shape index (κ2) is 4.17. The molecule has 0 aliphatic carbocycles. The van der Waals surface area contributed by atoms with Crippen LogP contribution < -0.4 is 0 Å². The van der Waals surface area contributed by atoms with Gasteiger partial charge in [-0.15, -0.1) is 0 Å². The molecule has 0 amide bonds. The standard InChI is InChI=1S/C11H5F3N2S2/c12-11(13,14)6-1-2-7-8(5-6)16-10-9(15-7)17-3-4-18-10/h1-5H. The van der Waals surface area contributed by atoms with Gasteiger partial charge in [-0.2, -0.15) is 13.2 Å². The Morgan fingerprint density at radius 2 is 1.50 bits per heavy atom. The largest absolute Gasteiger partial charge is 0.416 e. The van der Waals surface area contributed by atoms with Gasteiger partial charge >= 0.3 is 6.18 Å². The van der Waals surface area contributed by atoms with Gasteiger partial charge in [-0.25, -0.2) is 9.97 Å². The Kier molecular flexibility index (Phi) is 2.74. The number of nitrogens with zero attached hydrogens (tertiary/aromatic N) is 2. The lowest BCUT2D eigenvalue weighted by molar-refractivity contribution is -0.137. The van der Waals surface area contributed by atoms with Gasteiger partial charge in [-0.05, 0) is 29.0 Å². The molecule has 1 aliphatic rings. The number of alkyl halides is 3. The van der Waals surface area contributed by atoms with Crippen LogP contribution in [0.5, 0.6) is 0 Å². The van der Waals surface area contributed by atoms with Gasteiger partial charge in [0, 0.05) is 0 Å². The predicted octanol–water partition coefficient (Wildman–Crippen LogP) is 4.32. The van der Waals surface area contributed by atoms with Crippen molar-refractivity contribution in [1.82, 2.24) is 9.97 Å². The Bertz CT molecular complexity index is 653. The Morgan fingerprint density at radius 3 is 2.11 bits per heavy atom. The first-order valence-electron chi connectivity index (χ1n) is 4.91. The minimum absolute atomic E-state index is 0.270. The van der Waals surface area contributed by atoms with Crippen LogP contribution in [0.3, 0.4) is 0 Å². The van der Waals surface area contributed by atoms with Gasteiger partial charge in [-0.3, -0.25) is 0 Å². The van der Waals surface area contributed by atoms with Crippen molar-refractivity contribution < 1.29 is 13.2 Å². The molecule has 0 saturated carbocycles. The van der Waals surface area contributed by atoms with Crippen molar-refractivity contribution in [1.29, 1.82) is 0 Å². The third-order valence-corrected chi connectivity index (χ3v) is 4.21. The molecular weight excluding hydrogens is 281 g/mol.